The van der Waals surface area contributed by atoms with Crippen LogP contribution in [0.15, 0.2) is 29.4 Å². The van der Waals surface area contributed by atoms with E-state index in [1.165, 1.54) is 28.4 Å². The van der Waals surface area contributed by atoms with Crippen LogP contribution >= 0.6 is 23.2 Å². The van der Waals surface area contributed by atoms with E-state index < -0.39 is 10.0 Å². The van der Waals surface area contributed by atoms with Crippen LogP contribution in [0.2, 0.25) is 10.0 Å². The molecule has 0 spiro atoms. The van der Waals surface area contributed by atoms with Crippen LogP contribution in [0, 0.1) is 0 Å². The van der Waals surface area contributed by atoms with Gasteiger partial charge < -0.3 is 4.74 Å². The van der Waals surface area contributed by atoms with Gasteiger partial charge in [-0.3, -0.25) is 0 Å². The van der Waals surface area contributed by atoms with Gasteiger partial charge in [-0.25, -0.2) is 13.1 Å². The lowest BCUT2D eigenvalue weighted by molar-refractivity contribution is 0.112. The molecule has 24 heavy (non-hydrogen) atoms. The van der Waals surface area contributed by atoms with E-state index in [9.17, 15) is 8.42 Å². The molecule has 0 amide bonds. The molecule has 1 unspecified atom stereocenters. The molecular weight excluding hydrogens is 373 g/mol. The highest BCUT2D eigenvalue weighted by molar-refractivity contribution is 7.89. The van der Waals surface area contributed by atoms with Crippen molar-refractivity contribution in [2.24, 2.45) is 0 Å². The maximum Gasteiger partial charge on any atom is 0.260 e. The Morgan fingerprint density at radius 2 is 2.04 bits per heavy atom. The molecular formula is C15H17Cl2N3O3S. The minimum absolute atomic E-state index is 0.0712. The number of methoxy groups -OCH3 is 1. The molecule has 0 aliphatic carbocycles. The fourth-order valence-corrected chi connectivity index (χ4v) is 5.05. The lowest BCUT2D eigenvalue weighted by Crippen LogP contribution is -2.39. The molecule has 0 saturated heterocycles. The first-order chi connectivity index (χ1) is 11.4. The van der Waals surface area contributed by atoms with Gasteiger partial charge in [0.15, 0.2) is 5.03 Å². The second kappa shape index (κ2) is 6.65. The summed E-state index contributed by atoms with van der Waals surface area (Å²) in [5.41, 5.74) is 1.89. The van der Waals surface area contributed by atoms with Crippen LogP contribution in [-0.4, -0.2) is 36.2 Å². The summed E-state index contributed by atoms with van der Waals surface area (Å²) >= 11 is 12.2. The van der Waals surface area contributed by atoms with E-state index >= 15 is 0 Å². The normalized spacial score (nSPS) is 18.6. The maximum atomic E-state index is 13.1. The topological polar surface area (TPSA) is 64.4 Å². The molecule has 0 radical (unpaired) electrons. The van der Waals surface area contributed by atoms with Crippen LogP contribution < -0.4 is 0 Å². The molecule has 130 valence electrons. The lowest BCUT2D eigenvalue weighted by atomic mass is 9.95. The monoisotopic (exact) mass is 389 g/mol. The highest BCUT2D eigenvalue weighted by atomic mass is 35.5. The Morgan fingerprint density at radius 3 is 2.75 bits per heavy atom. The molecule has 3 rings (SSSR count). The van der Waals surface area contributed by atoms with E-state index in [0.717, 1.165) is 11.1 Å². The average Bonchev–Trinajstić information content (AvgIpc) is 2.99. The molecule has 1 aromatic carbocycles. The quantitative estimate of drug-likeness (QED) is 0.805. The van der Waals surface area contributed by atoms with E-state index in [1.807, 2.05) is 13.0 Å². The van der Waals surface area contributed by atoms with Crippen molar-refractivity contribution >= 4 is 33.2 Å². The summed E-state index contributed by atoms with van der Waals surface area (Å²) in [7, 11) is -2.22. The number of benzene rings is 1. The molecule has 1 aromatic heterocycles. The predicted octanol–water partition coefficient (Wildman–Crippen LogP) is 3.10. The first-order valence-corrected chi connectivity index (χ1v) is 9.56. The van der Waals surface area contributed by atoms with Gasteiger partial charge in [0.05, 0.1) is 16.2 Å². The summed E-state index contributed by atoms with van der Waals surface area (Å²) in [4.78, 5) is 0. The number of sulfonamides is 1. The van der Waals surface area contributed by atoms with Crippen molar-refractivity contribution in [3.63, 3.8) is 0 Å². The van der Waals surface area contributed by atoms with E-state index in [0.29, 0.717) is 23.0 Å². The Bertz CT molecular complexity index is 867. The van der Waals surface area contributed by atoms with Gasteiger partial charge in [0.1, 0.15) is 6.73 Å². The fraction of sp³-hybridized carbons (Fsp3) is 0.400. The third-order valence-electron chi connectivity index (χ3n) is 4.17. The lowest BCUT2D eigenvalue weighted by Gasteiger charge is -2.34. The summed E-state index contributed by atoms with van der Waals surface area (Å²) in [5, 5.41) is 5.03. The molecule has 0 saturated carbocycles. The van der Waals surface area contributed by atoms with Crippen LogP contribution in [0.25, 0.3) is 0 Å². The van der Waals surface area contributed by atoms with Gasteiger partial charge in [-0.1, -0.05) is 23.2 Å². The van der Waals surface area contributed by atoms with Crippen molar-refractivity contribution in [2.75, 3.05) is 13.7 Å². The number of halogens is 2. The average molecular weight is 390 g/mol. The standard InChI is InChI=1S/C15H17Cl2N3O3S/c1-10-12-8-14(17)13(16)7-11(12)4-6-20(10)24(21,22)15-3-5-18-19(15)9-23-2/h3,5,7-8,10H,4,6,9H2,1-2H3. The second-order valence-corrected chi connectivity index (χ2v) is 8.25. The number of rotatable bonds is 4. The van der Waals surface area contributed by atoms with Gasteiger partial charge in [0.25, 0.3) is 10.0 Å². The van der Waals surface area contributed by atoms with Crippen molar-refractivity contribution in [1.29, 1.82) is 0 Å². The van der Waals surface area contributed by atoms with Crippen LogP contribution in [0.1, 0.15) is 24.1 Å². The van der Waals surface area contributed by atoms with E-state index in [4.69, 9.17) is 27.9 Å². The number of nitrogens with zero attached hydrogens (tertiary/aromatic N) is 3. The Kier molecular flexibility index (Phi) is 4.90. The summed E-state index contributed by atoms with van der Waals surface area (Å²) in [6, 6.07) is 4.69. The summed E-state index contributed by atoms with van der Waals surface area (Å²) in [6.07, 6.45) is 2.03. The van der Waals surface area contributed by atoms with Gasteiger partial charge in [-0.15, -0.1) is 0 Å². The summed E-state index contributed by atoms with van der Waals surface area (Å²) in [6.45, 7) is 2.28. The molecule has 1 aliphatic rings. The number of hydrogen-bond acceptors (Lipinski definition) is 4. The van der Waals surface area contributed by atoms with Crippen LogP contribution in [-0.2, 0) is 27.9 Å². The zero-order chi connectivity index (χ0) is 17.5. The Balaban J connectivity index is 2.00. The molecule has 1 aliphatic heterocycles. The van der Waals surface area contributed by atoms with Gasteiger partial charge in [-0.05, 0) is 42.7 Å². The fourth-order valence-electron chi connectivity index (χ4n) is 3.00. The molecule has 2 aromatic rings. The minimum atomic E-state index is -3.71. The molecule has 0 N–H and O–H groups in total. The zero-order valence-electron chi connectivity index (χ0n) is 13.2. The Labute approximate surface area is 151 Å². The van der Waals surface area contributed by atoms with Crippen molar-refractivity contribution in [2.45, 2.75) is 31.1 Å². The molecule has 1 atom stereocenters. The van der Waals surface area contributed by atoms with E-state index in [-0.39, 0.29) is 17.8 Å². The number of hydrogen-bond donors (Lipinski definition) is 0. The van der Waals surface area contributed by atoms with Crippen molar-refractivity contribution < 1.29 is 13.2 Å². The van der Waals surface area contributed by atoms with Crippen molar-refractivity contribution in [1.82, 2.24) is 14.1 Å². The van der Waals surface area contributed by atoms with Gasteiger partial charge >= 0.3 is 0 Å². The number of fused-ring (bicyclic) bond motifs is 1. The Hall–Kier alpha value is -1.12. The van der Waals surface area contributed by atoms with E-state index in [1.54, 1.807) is 6.07 Å². The molecule has 6 nitrogen and oxygen atoms in total. The molecule has 0 bridgehead atoms. The third kappa shape index (κ3) is 2.95. The van der Waals surface area contributed by atoms with Crippen LogP contribution in [0.4, 0.5) is 0 Å². The second-order valence-electron chi connectivity index (χ2n) is 5.59. The highest BCUT2D eigenvalue weighted by Gasteiger charge is 2.36. The number of ether oxygens (including phenoxy) is 1. The summed E-state index contributed by atoms with van der Waals surface area (Å²) < 4.78 is 33.9. The van der Waals surface area contributed by atoms with Gasteiger partial charge in [0, 0.05) is 19.7 Å². The van der Waals surface area contributed by atoms with Crippen LogP contribution in [0.3, 0.4) is 0 Å². The van der Waals surface area contributed by atoms with Gasteiger partial charge in [0.2, 0.25) is 0 Å². The van der Waals surface area contributed by atoms with E-state index in [2.05, 4.69) is 5.10 Å². The minimum Gasteiger partial charge on any atom is -0.362 e. The first-order valence-electron chi connectivity index (χ1n) is 7.36. The number of aromatic nitrogens is 2. The maximum absolute atomic E-state index is 13.1. The smallest absolute Gasteiger partial charge is 0.260 e. The molecule has 2 heterocycles. The zero-order valence-corrected chi connectivity index (χ0v) is 15.6. The predicted molar refractivity (Wildman–Crippen MR) is 91.7 cm³/mol. The summed E-state index contributed by atoms with van der Waals surface area (Å²) in [5.74, 6) is 0. The molecule has 0 fully saturated rings. The largest absolute Gasteiger partial charge is 0.362 e. The van der Waals surface area contributed by atoms with Crippen molar-refractivity contribution in [3.8, 4) is 0 Å². The first kappa shape index (κ1) is 17.7. The van der Waals surface area contributed by atoms with Crippen molar-refractivity contribution in [3.05, 3.63) is 45.6 Å². The van der Waals surface area contributed by atoms with Crippen LogP contribution in [0.5, 0.6) is 0 Å². The Morgan fingerprint density at radius 1 is 1.33 bits per heavy atom. The SMILES string of the molecule is COCn1nccc1S(=O)(=O)N1CCc2cc(Cl)c(Cl)cc2C1C. The third-order valence-corrected chi connectivity index (χ3v) is 6.88. The van der Waals surface area contributed by atoms with Gasteiger partial charge in [-0.2, -0.15) is 9.40 Å². The highest BCUT2D eigenvalue weighted by Crippen LogP contribution is 2.37. The molecule has 9 heteroatoms.